The fourth-order valence-corrected chi connectivity index (χ4v) is 4.79. The molecule has 1 aliphatic heterocycles. The summed E-state index contributed by atoms with van der Waals surface area (Å²) >= 11 is 0. The Labute approximate surface area is 223 Å². The Kier molecular flexibility index (Phi) is 9.27. The van der Waals surface area contributed by atoms with E-state index in [2.05, 4.69) is 0 Å². The largest absolute Gasteiger partial charge is 0.493 e. The van der Waals surface area contributed by atoms with Crippen LogP contribution in [0.1, 0.15) is 22.8 Å². The van der Waals surface area contributed by atoms with Crippen LogP contribution < -0.4 is 18.9 Å². The summed E-state index contributed by atoms with van der Waals surface area (Å²) in [6.07, 6.45) is 3.66. The lowest BCUT2D eigenvalue weighted by molar-refractivity contribution is -0.139. The first kappa shape index (κ1) is 27.1. The highest BCUT2D eigenvalue weighted by Crippen LogP contribution is 2.43. The van der Waals surface area contributed by atoms with E-state index in [0.29, 0.717) is 29.6 Å². The molecule has 1 saturated heterocycles. The second-order valence-corrected chi connectivity index (χ2v) is 9.06. The van der Waals surface area contributed by atoms with Crippen molar-refractivity contribution in [3.05, 3.63) is 89.5 Å². The zero-order valence-electron chi connectivity index (χ0n) is 22.2. The van der Waals surface area contributed by atoms with Gasteiger partial charge in [-0.2, -0.15) is 0 Å². The Morgan fingerprint density at radius 2 is 1.50 bits per heavy atom. The van der Waals surface area contributed by atoms with Crippen molar-refractivity contribution in [2.24, 2.45) is 11.8 Å². The Bertz CT molecular complexity index is 1240. The van der Waals surface area contributed by atoms with Gasteiger partial charge in [0, 0.05) is 12.0 Å². The molecule has 7 heteroatoms. The van der Waals surface area contributed by atoms with Crippen LogP contribution in [0, 0.1) is 11.8 Å². The fraction of sp³-hybridized carbons (Fsp3) is 0.323. The topological polar surface area (TPSA) is 72.5 Å². The predicted molar refractivity (Wildman–Crippen MR) is 145 cm³/mol. The summed E-state index contributed by atoms with van der Waals surface area (Å²) in [5.41, 5.74) is 2.96. The maximum Gasteiger partial charge on any atom is 0.330 e. The van der Waals surface area contributed by atoms with Gasteiger partial charge in [0.25, 0.3) is 0 Å². The zero-order chi connectivity index (χ0) is 26.9. The highest BCUT2D eigenvalue weighted by Gasteiger charge is 2.39. The molecule has 1 aliphatic rings. The van der Waals surface area contributed by atoms with Crippen molar-refractivity contribution in [1.82, 2.24) is 0 Å². The first-order valence-electron chi connectivity index (χ1n) is 12.5. The maximum absolute atomic E-state index is 12.6. The maximum atomic E-state index is 12.6. The van der Waals surface area contributed by atoms with E-state index in [4.69, 9.17) is 28.4 Å². The molecule has 3 atom stereocenters. The van der Waals surface area contributed by atoms with E-state index < -0.39 is 5.97 Å². The first-order chi connectivity index (χ1) is 18.6. The van der Waals surface area contributed by atoms with Crippen molar-refractivity contribution in [3.8, 4) is 23.0 Å². The number of methoxy groups -OCH3 is 4. The molecule has 38 heavy (non-hydrogen) atoms. The zero-order valence-corrected chi connectivity index (χ0v) is 22.2. The van der Waals surface area contributed by atoms with Gasteiger partial charge in [0.2, 0.25) is 0 Å². The molecule has 0 N–H and O–H groups in total. The van der Waals surface area contributed by atoms with Crippen molar-refractivity contribution in [2.75, 3.05) is 41.7 Å². The number of benzene rings is 3. The summed E-state index contributed by atoms with van der Waals surface area (Å²) in [5.74, 6) is 2.26. The summed E-state index contributed by atoms with van der Waals surface area (Å²) < 4.78 is 33.8. The van der Waals surface area contributed by atoms with Crippen LogP contribution in [0.3, 0.4) is 0 Å². The highest BCUT2D eigenvalue weighted by atomic mass is 16.5. The average Bonchev–Trinajstić information content (AvgIpc) is 3.36. The van der Waals surface area contributed by atoms with Gasteiger partial charge in [0.05, 0.1) is 47.8 Å². The minimum absolute atomic E-state index is 0.0738. The molecule has 0 bridgehead atoms. The summed E-state index contributed by atoms with van der Waals surface area (Å²) in [6.45, 7) is 0.740. The van der Waals surface area contributed by atoms with Gasteiger partial charge in [-0.1, -0.05) is 42.5 Å². The highest BCUT2D eigenvalue weighted by molar-refractivity contribution is 5.87. The smallest absolute Gasteiger partial charge is 0.330 e. The Morgan fingerprint density at radius 3 is 2.18 bits per heavy atom. The van der Waals surface area contributed by atoms with Gasteiger partial charge in [0.15, 0.2) is 23.0 Å². The van der Waals surface area contributed by atoms with Gasteiger partial charge in [-0.05, 0) is 59.4 Å². The molecule has 1 fully saturated rings. The molecule has 0 amide bonds. The summed E-state index contributed by atoms with van der Waals surface area (Å²) in [7, 11) is 6.45. The average molecular weight is 519 g/mol. The molecule has 200 valence electrons. The molecule has 3 aromatic rings. The van der Waals surface area contributed by atoms with Gasteiger partial charge in [-0.3, -0.25) is 0 Å². The van der Waals surface area contributed by atoms with E-state index in [1.807, 2.05) is 66.7 Å². The van der Waals surface area contributed by atoms with Crippen molar-refractivity contribution < 1.29 is 33.2 Å². The third kappa shape index (κ3) is 6.47. The number of esters is 1. The van der Waals surface area contributed by atoms with E-state index >= 15 is 0 Å². The van der Waals surface area contributed by atoms with Crippen molar-refractivity contribution >= 4 is 12.0 Å². The van der Waals surface area contributed by atoms with Gasteiger partial charge in [-0.15, -0.1) is 0 Å². The first-order valence-corrected chi connectivity index (χ1v) is 12.5. The fourth-order valence-electron chi connectivity index (χ4n) is 4.79. The number of hydrogen-bond acceptors (Lipinski definition) is 7. The third-order valence-corrected chi connectivity index (χ3v) is 6.80. The molecule has 0 spiro atoms. The second kappa shape index (κ2) is 13.0. The van der Waals surface area contributed by atoms with Crippen LogP contribution in [0.15, 0.2) is 72.8 Å². The van der Waals surface area contributed by atoms with Gasteiger partial charge in [-0.25, -0.2) is 4.79 Å². The monoisotopic (exact) mass is 518 g/mol. The molecule has 3 aromatic carbocycles. The molecular weight excluding hydrogens is 484 g/mol. The Hall–Kier alpha value is -3.97. The lowest BCUT2D eigenvalue weighted by atomic mass is 9.84. The minimum atomic E-state index is -0.392. The number of carbonyl (C=O) groups excluding carboxylic acids is 1. The number of carbonyl (C=O) groups is 1. The Balaban J connectivity index is 1.54. The quantitative estimate of drug-likeness (QED) is 0.244. The molecular formula is C31H34O7. The molecule has 0 radical (unpaired) electrons. The van der Waals surface area contributed by atoms with Crippen LogP contribution in [0.25, 0.3) is 6.08 Å². The van der Waals surface area contributed by atoms with E-state index in [1.165, 1.54) is 6.08 Å². The molecule has 7 nitrogen and oxygen atoms in total. The van der Waals surface area contributed by atoms with Crippen molar-refractivity contribution in [2.45, 2.75) is 12.5 Å². The molecule has 0 aliphatic carbocycles. The van der Waals surface area contributed by atoms with Crippen LogP contribution in [-0.2, 0) is 20.7 Å². The molecule has 0 aromatic heterocycles. The van der Waals surface area contributed by atoms with Crippen LogP contribution in [0.2, 0.25) is 0 Å². The molecule has 1 heterocycles. The summed E-state index contributed by atoms with van der Waals surface area (Å²) in [6, 6.07) is 21.3. The van der Waals surface area contributed by atoms with Gasteiger partial charge >= 0.3 is 5.97 Å². The number of rotatable bonds is 11. The van der Waals surface area contributed by atoms with E-state index in [9.17, 15) is 4.79 Å². The summed E-state index contributed by atoms with van der Waals surface area (Å²) in [4.78, 5) is 12.6. The van der Waals surface area contributed by atoms with Gasteiger partial charge in [0.1, 0.15) is 0 Å². The minimum Gasteiger partial charge on any atom is -0.493 e. The van der Waals surface area contributed by atoms with Gasteiger partial charge < -0.3 is 28.4 Å². The summed E-state index contributed by atoms with van der Waals surface area (Å²) in [5, 5.41) is 0. The van der Waals surface area contributed by atoms with E-state index in [0.717, 1.165) is 23.1 Å². The standard InChI is InChI=1S/C31H34O7/c1-33-26-13-10-22(17-28(26)35-3)16-24-19-38-31(23-12-14-27(34-2)29(18-23)36-4)25(24)20-37-30(32)15-11-21-8-6-5-7-9-21/h5-15,17-18,24-25,31H,16,19-20H2,1-4H3/t24-,25-,31+/m0/s1. The lowest BCUT2D eigenvalue weighted by Crippen LogP contribution is -2.24. The third-order valence-electron chi connectivity index (χ3n) is 6.80. The molecule has 0 unspecified atom stereocenters. The molecule has 4 rings (SSSR count). The predicted octanol–water partition coefficient (Wildman–Crippen LogP) is 5.52. The lowest BCUT2D eigenvalue weighted by Gasteiger charge is -2.24. The van der Waals surface area contributed by atoms with E-state index in [1.54, 1.807) is 34.5 Å². The van der Waals surface area contributed by atoms with E-state index in [-0.39, 0.29) is 24.5 Å². The van der Waals surface area contributed by atoms with Crippen LogP contribution in [-0.4, -0.2) is 47.6 Å². The Morgan fingerprint density at radius 1 is 0.842 bits per heavy atom. The number of hydrogen-bond donors (Lipinski definition) is 0. The SMILES string of the molecule is COc1ccc(C[C@H]2CO[C@H](c3ccc(OC)c(OC)c3)[C@H]2COC(=O)C=Cc2ccccc2)cc1OC. The van der Waals surface area contributed by atoms with Crippen LogP contribution in [0.5, 0.6) is 23.0 Å². The molecule has 0 saturated carbocycles. The van der Waals surface area contributed by atoms with Crippen molar-refractivity contribution in [3.63, 3.8) is 0 Å². The normalized spacial score (nSPS) is 18.8. The van der Waals surface area contributed by atoms with Crippen molar-refractivity contribution in [1.29, 1.82) is 0 Å². The van der Waals surface area contributed by atoms with Crippen LogP contribution >= 0.6 is 0 Å². The number of ether oxygens (including phenoxy) is 6. The second-order valence-electron chi connectivity index (χ2n) is 9.06. The van der Waals surface area contributed by atoms with Crippen LogP contribution in [0.4, 0.5) is 0 Å².